The minimum Gasteiger partial charge on any atom is -0.323 e. The molecule has 2 N–H and O–H groups in total. The Morgan fingerprint density at radius 1 is 1.24 bits per heavy atom. The summed E-state index contributed by atoms with van der Waals surface area (Å²) >= 11 is 5.94. The van der Waals surface area contributed by atoms with E-state index in [-0.39, 0.29) is 6.04 Å². The first-order valence-electron chi connectivity index (χ1n) is 7.02. The van der Waals surface area contributed by atoms with Gasteiger partial charge in [-0.3, -0.25) is 0 Å². The van der Waals surface area contributed by atoms with Crippen molar-refractivity contribution in [2.45, 2.75) is 26.3 Å². The normalized spacial score (nSPS) is 12.8. The second-order valence-electron chi connectivity index (χ2n) is 5.47. The van der Waals surface area contributed by atoms with Crippen molar-refractivity contribution in [3.8, 4) is 0 Å². The van der Waals surface area contributed by atoms with Gasteiger partial charge in [0, 0.05) is 23.7 Å². The molecule has 0 aliphatic rings. The molecule has 0 bridgehead atoms. The monoisotopic (exact) mass is 299 g/mol. The van der Waals surface area contributed by atoms with Crippen molar-refractivity contribution >= 4 is 17.2 Å². The molecule has 2 aromatic heterocycles. The van der Waals surface area contributed by atoms with Crippen LogP contribution in [-0.2, 0) is 6.42 Å². The van der Waals surface area contributed by atoms with Crippen LogP contribution in [0.1, 0.15) is 35.5 Å². The van der Waals surface area contributed by atoms with E-state index in [4.69, 9.17) is 22.3 Å². The van der Waals surface area contributed by atoms with Crippen LogP contribution >= 0.6 is 11.6 Å². The Morgan fingerprint density at radius 2 is 1.95 bits per heavy atom. The van der Waals surface area contributed by atoms with Crippen LogP contribution in [-0.4, -0.2) is 9.38 Å². The highest BCUT2D eigenvalue weighted by Gasteiger charge is 2.15. The summed E-state index contributed by atoms with van der Waals surface area (Å²) in [7, 11) is 0. The number of halogens is 1. The van der Waals surface area contributed by atoms with E-state index in [0.717, 1.165) is 28.5 Å². The summed E-state index contributed by atoms with van der Waals surface area (Å²) < 4.78 is 2.09. The van der Waals surface area contributed by atoms with E-state index in [9.17, 15) is 0 Å². The lowest BCUT2D eigenvalue weighted by Gasteiger charge is -2.09. The molecule has 3 nitrogen and oxygen atoms in total. The number of rotatable bonds is 3. The van der Waals surface area contributed by atoms with Crippen molar-refractivity contribution in [3.63, 3.8) is 0 Å². The predicted molar refractivity (Wildman–Crippen MR) is 86.8 cm³/mol. The summed E-state index contributed by atoms with van der Waals surface area (Å²) in [6, 6.07) is 12.0. The molecule has 1 unspecified atom stereocenters. The predicted octanol–water partition coefficient (Wildman–Crippen LogP) is 3.91. The van der Waals surface area contributed by atoms with E-state index in [2.05, 4.69) is 23.5 Å². The van der Waals surface area contributed by atoms with Gasteiger partial charge >= 0.3 is 0 Å². The van der Waals surface area contributed by atoms with E-state index in [1.807, 2.05) is 37.4 Å². The van der Waals surface area contributed by atoms with Gasteiger partial charge in [-0.1, -0.05) is 23.7 Å². The van der Waals surface area contributed by atoms with Gasteiger partial charge < -0.3 is 10.1 Å². The van der Waals surface area contributed by atoms with Crippen molar-refractivity contribution in [1.29, 1.82) is 0 Å². The second kappa shape index (κ2) is 5.51. The third-order valence-corrected chi connectivity index (χ3v) is 3.86. The van der Waals surface area contributed by atoms with Gasteiger partial charge in [-0.05, 0) is 49.2 Å². The van der Waals surface area contributed by atoms with Crippen LogP contribution in [0.25, 0.3) is 5.65 Å². The molecule has 0 aliphatic heterocycles. The Morgan fingerprint density at radius 3 is 2.62 bits per heavy atom. The number of imidazole rings is 1. The number of pyridine rings is 1. The highest BCUT2D eigenvalue weighted by Crippen LogP contribution is 2.22. The number of hydrogen-bond acceptors (Lipinski definition) is 2. The largest absolute Gasteiger partial charge is 0.323 e. The molecule has 1 atom stereocenters. The Hall–Kier alpha value is -1.84. The number of nitrogens with two attached hydrogens (primary N) is 1. The molecular weight excluding hydrogens is 282 g/mol. The minimum absolute atomic E-state index is 0.0648. The molecule has 0 spiro atoms. The molecule has 1 aromatic carbocycles. The second-order valence-corrected chi connectivity index (χ2v) is 5.90. The molecule has 108 valence electrons. The molecule has 0 saturated heterocycles. The molecule has 0 saturated carbocycles. The molecule has 0 radical (unpaired) electrons. The standard InChI is InChI=1S/C17H18ClN3/c1-11-7-8-21-16(9-11)20-15(17(21)12(2)19)10-13-3-5-14(18)6-4-13/h3-9,12H,10,19H2,1-2H3. The van der Waals surface area contributed by atoms with E-state index in [0.29, 0.717) is 0 Å². The zero-order chi connectivity index (χ0) is 15.0. The van der Waals surface area contributed by atoms with Crippen molar-refractivity contribution in [2.24, 2.45) is 5.73 Å². The molecule has 2 heterocycles. The van der Waals surface area contributed by atoms with Gasteiger partial charge in [0.15, 0.2) is 0 Å². The Balaban J connectivity index is 2.08. The minimum atomic E-state index is -0.0648. The molecule has 3 aromatic rings. The van der Waals surface area contributed by atoms with Crippen LogP contribution in [0.3, 0.4) is 0 Å². The Labute approximate surface area is 129 Å². The van der Waals surface area contributed by atoms with Gasteiger partial charge in [-0.25, -0.2) is 4.98 Å². The lowest BCUT2D eigenvalue weighted by atomic mass is 10.1. The molecule has 0 amide bonds. The highest BCUT2D eigenvalue weighted by molar-refractivity contribution is 6.30. The summed E-state index contributed by atoms with van der Waals surface area (Å²) in [5, 5.41) is 0.747. The average Bonchev–Trinajstić information content (AvgIpc) is 2.78. The topological polar surface area (TPSA) is 43.3 Å². The molecule has 0 fully saturated rings. The van der Waals surface area contributed by atoms with Gasteiger partial charge in [-0.2, -0.15) is 0 Å². The average molecular weight is 300 g/mol. The lowest BCUT2D eigenvalue weighted by molar-refractivity contribution is 0.755. The van der Waals surface area contributed by atoms with Crippen molar-refractivity contribution in [3.05, 3.63) is 70.1 Å². The number of hydrogen-bond donors (Lipinski definition) is 1. The highest BCUT2D eigenvalue weighted by atomic mass is 35.5. The lowest BCUT2D eigenvalue weighted by Crippen LogP contribution is -2.11. The zero-order valence-corrected chi connectivity index (χ0v) is 12.9. The van der Waals surface area contributed by atoms with Gasteiger partial charge in [0.25, 0.3) is 0 Å². The maximum Gasteiger partial charge on any atom is 0.137 e. The summed E-state index contributed by atoms with van der Waals surface area (Å²) in [4.78, 5) is 4.76. The first-order chi connectivity index (χ1) is 10.0. The van der Waals surface area contributed by atoms with E-state index >= 15 is 0 Å². The fourth-order valence-corrected chi connectivity index (χ4v) is 2.75. The van der Waals surface area contributed by atoms with Crippen molar-refractivity contribution in [2.75, 3.05) is 0 Å². The third kappa shape index (κ3) is 2.80. The molecule has 0 aliphatic carbocycles. The van der Waals surface area contributed by atoms with E-state index < -0.39 is 0 Å². The first-order valence-corrected chi connectivity index (χ1v) is 7.40. The molecular formula is C17H18ClN3. The van der Waals surface area contributed by atoms with Gasteiger partial charge in [0.05, 0.1) is 11.4 Å². The van der Waals surface area contributed by atoms with Gasteiger partial charge in [-0.15, -0.1) is 0 Å². The molecule has 3 rings (SSSR count). The molecule has 4 heteroatoms. The van der Waals surface area contributed by atoms with Gasteiger partial charge in [0.1, 0.15) is 5.65 Å². The van der Waals surface area contributed by atoms with Crippen molar-refractivity contribution in [1.82, 2.24) is 9.38 Å². The smallest absolute Gasteiger partial charge is 0.137 e. The number of aryl methyl sites for hydroxylation is 1. The fourth-order valence-electron chi connectivity index (χ4n) is 2.62. The van der Waals surface area contributed by atoms with Crippen LogP contribution < -0.4 is 5.73 Å². The van der Waals surface area contributed by atoms with E-state index in [1.165, 1.54) is 11.1 Å². The maximum absolute atomic E-state index is 6.16. The summed E-state index contributed by atoms with van der Waals surface area (Å²) in [5.74, 6) is 0. The van der Waals surface area contributed by atoms with Crippen LogP contribution in [0.4, 0.5) is 0 Å². The Kier molecular flexibility index (Phi) is 3.70. The zero-order valence-electron chi connectivity index (χ0n) is 12.2. The quantitative estimate of drug-likeness (QED) is 0.797. The van der Waals surface area contributed by atoms with Crippen LogP contribution in [0.15, 0.2) is 42.6 Å². The summed E-state index contributed by atoms with van der Waals surface area (Å²) in [5.41, 5.74) is 11.6. The Bertz CT molecular complexity index is 773. The fraction of sp³-hybridized carbons (Fsp3) is 0.235. The van der Waals surface area contributed by atoms with Crippen LogP contribution in [0.2, 0.25) is 5.02 Å². The van der Waals surface area contributed by atoms with E-state index in [1.54, 1.807) is 0 Å². The number of nitrogens with zero attached hydrogens (tertiary/aromatic N) is 2. The first kappa shape index (κ1) is 14.1. The third-order valence-electron chi connectivity index (χ3n) is 3.61. The number of fused-ring (bicyclic) bond motifs is 1. The SMILES string of the molecule is Cc1ccn2c(C(C)N)c(Cc3ccc(Cl)cc3)nc2c1. The van der Waals surface area contributed by atoms with Gasteiger partial charge in [0.2, 0.25) is 0 Å². The van der Waals surface area contributed by atoms with Crippen LogP contribution in [0, 0.1) is 6.92 Å². The maximum atomic E-state index is 6.16. The number of benzene rings is 1. The van der Waals surface area contributed by atoms with Crippen LogP contribution in [0.5, 0.6) is 0 Å². The summed E-state index contributed by atoms with van der Waals surface area (Å²) in [6.45, 7) is 4.06. The number of aromatic nitrogens is 2. The molecule has 21 heavy (non-hydrogen) atoms. The summed E-state index contributed by atoms with van der Waals surface area (Å²) in [6.07, 6.45) is 2.80. The van der Waals surface area contributed by atoms with Crippen molar-refractivity contribution < 1.29 is 0 Å².